The van der Waals surface area contributed by atoms with E-state index < -0.39 is 6.17 Å². The Balaban J connectivity index is 2.06. The molecule has 0 bridgehead atoms. The second-order valence-corrected chi connectivity index (χ2v) is 5.95. The summed E-state index contributed by atoms with van der Waals surface area (Å²) in [6.07, 6.45) is 3.69. The summed E-state index contributed by atoms with van der Waals surface area (Å²) in [7, 11) is 0. The van der Waals surface area contributed by atoms with Crippen LogP contribution in [0, 0.1) is 0 Å². The maximum absolute atomic E-state index is 12.6. The molecule has 1 unspecified atom stereocenters. The summed E-state index contributed by atoms with van der Waals surface area (Å²) < 4.78 is 0. The first-order valence-electron chi connectivity index (χ1n) is 8.21. The minimum Gasteiger partial charge on any atom is -0.356 e. The van der Waals surface area contributed by atoms with Gasteiger partial charge in [-0.2, -0.15) is 0 Å². The number of nitrogens with zero attached hydrogens (tertiary/aromatic N) is 3. The smallest absolute Gasteiger partial charge is 0.266 e. The molecule has 22 heavy (non-hydrogen) atoms. The number of carbonyl (C=O) groups excluding carboxylic acids is 1. The number of para-hydroxylation sites is 1. The van der Waals surface area contributed by atoms with E-state index >= 15 is 0 Å². The lowest BCUT2D eigenvalue weighted by Crippen LogP contribution is -2.43. The highest BCUT2D eigenvalue weighted by Crippen LogP contribution is 2.27. The minimum atomic E-state index is -0.809. The van der Waals surface area contributed by atoms with E-state index in [9.17, 15) is 4.79 Å². The predicted octanol–water partition coefficient (Wildman–Crippen LogP) is 1.96. The second kappa shape index (κ2) is 6.48. The SMILES string of the molecule is CCCN1C(=O)C(N)N=C(N2CCCCC2)c2ccccc21. The number of carbonyl (C=O) groups is 1. The van der Waals surface area contributed by atoms with Crippen LogP contribution in [0.3, 0.4) is 0 Å². The molecule has 0 spiro atoms. The van der Waals surface area contributed by atoms with E-state index in [1.54, 1.807) is 4.90 Å². The Bertz CT molecular complexity index is 578. The Morgan fingerprint density at radius 1 is 1.23 bits per heavy atom. The summed E-state index contributed by atoms with van der Waals surface area (Å²) >= 11 is 0. The van der Waals surface area contributed by atoms with Crippen LogP contribution in [0.4, 0.5) is 5.69 Å². The van der Waals surface area contributed by atoms with Crippen molar-refractivity contribution < 1.29 is 4.79 Å². The van der Waals surface area contributed by atoms with Gasteiger partial charge >= 0.3 is 0 Å². The number of hydrogen-bond donors (Lipinski definition) is 1. The topological polar surface area (TPSA) is 61.9 Å². The van der Waals surface area contributed by atoms with Gasteiger partial charge in [0.25, 0.3) is 5.91 Å². The quantitative estimate of drug-likeness (QED) is 0.908. The summed E-state index contributed by atoms with van der Waals surface area (Å²) in [6, 6.07) is 8.03. The molecule has 5 heteroatoms. The number of amides is 1. The van der Waals surface area contributed by atoms with Gasteiger partial charge in [-0.25, -0.2) is 4.99 Å². The van der Waals surface area contributed by atoms with Gasteiger partial charge in [0.2, 0.25) is 0 Å². The molecule has 2 heterocycles. The van der Waals surface area contributed by atoms with Gasteiger partial charge < -0.3 is 15.5 Å². The Morgan fingerprint density at radius 2 is 1.95 bits per heavy atom. The molecule has 1 aromatic carbocycles. The highest BCUT2D eigenvalue weighted by molar-refractivity contribution is 6.11. The van der Waals surface area contributed by atoms with Crippen LogP contribution in [0.2, 0.25) is 0 Å². The number of piperidine rings is 1. The fourth-order valence-electron chi connectivity index (χ4n) is 3.24. The third-order valence-electron chi connectivity index (χ3n) is 4.32. The fraction of sp³-hybridized carbons (Fsp3) is 0.529. The van der Waals surface area contributed by atoms with Crippen LogP contribution in [0.1, 0.15) is 38.2 Å². The standard InChI is InChI=1S/C17H24N4O/c1-2-10-21-14-9-5-4-8-13(14)16(19-15(18)17(21)22)20-11-6-3-7-12-20/h4-5,8-9,15H,2-3,6-7,10-12,18H2,1H3. The zero-order chi connectivity index (χ0) is 15.5. The number of benzene rings is 1. The van der Waals surface area contributed by atoms with Crippen molar-refractivity contribution in [3.8, 4) is 0 Å². The molecule has 1 saturated heterocycles. The first-order valence-corrected chi connectivity index (χ1v) is 8.21. The van der Waals surface area contributed by atoms with E-state index in [1.807, 2.05) is 18.2 Å². The van der Waals surface area contributed by atoms with Crippen LogP contribution >= 0.6 is 0 Å². The monoisotopic (exact) mass is 300 g/mol. The van der Waals surface area contributed by atoms with E-state index in [0.29, 0.717) is 6.54 Å². The molecule has 2 aliphatic rings. The maximum Gasteiger partial charge on any atom is 0.266 e. The normalized spacial score (nSPS) is 22.2. The number of amidine groups is 1. The molecule has 0 aliphatic carbocycles. The number of fused-ring (bicyclic) bond motifs is 1. The van der Waals surface area contributed by atoms with Crippen LogP contribution in [-0.2, 0) is 4.79 Å². The van der Waals surface area contributed by atoms with Crippen LogP contribution in [-0.4, -0.2) is 42.4 Å². The average Bonchev–Trinajstić information content (AvgIpc) is 2.67. The van der Waals surface area contributed by atoms with Gasteiger partial charge in [-0.05, 0) is 37.8 Å². The molecule has 118 valence electrons. The molecule has 1 atom stereocenters. The van der Waals surface area contributed by atoms with Crippen LogP contribution < -0.4 is 10.6 Å². The number of nitrogens with two attached hydrogens (primary N) is 1. The highest BCUT2D eigenvalue weighted by atomic mass is 16.2. The number of benzodiazepines with no additional fused rings is 1. The molecule has 1 aromatic rings. The van der Waals surface area contributed by atoms with Crippen molar-refractivity contribution in [2.45, 2.75) is 38.8 Å². The second-order valence-electron chi connectivity index (χ2n) is 5.95. The lowest BCUT2D eigenvalue weighted by Gasteiger charge is -2.30. The van der Waals surface area contributed by atoms with Crippen molar-refractivity contribution in [2.75, 3.05) is 24.5 Å². The van der Waals surface area contributed by atoms with Crippen LogP contribution in [0.5, 0.6) is 0 Å². The van der Waals surface area contributed by atoms with Gasteiger partial charge in [0.1, 0.15) is 5.84 Å². The summed E-state index contributed by atoms with van der Waals surface area (Å²) in [5.41, 5.74) is 8.03. The first-order chi connectivity index (χ1) is 10.7. The summed E-state index contributed by atoms with van der Waals surface area (Å²) in [4.78, 5) is 21.3. The van der Waals surface area contributed by atoms with E-state index in [-0.39, 0.29) is 5.91 Å². The van der Waals surface area contributed by atoms with Gasteiger partial charge in [-0.3, -0.25) is 4.79 Å². The summed E-state index contributed by atoms with van der Waals surface area (Å²) in [5, 5.41) is 0. The van der Waals surface area contributed by atoms with Gasteiger partial charge in [0.05, 0.1) is 5.69 Å². The lowest BCUT2D eigenvalue weighted by molar-refractivity contribution is -0.119. The lowest BCUT2D eigenvalue weighted by atomic mass is 10.1. The molecule has 0 saturated carbocycles. The Kier molecular flexibility index (Phi) is 4.43. The summed E-state index contributed by atoms with van der Waals surface area (Å²) in [6.45, 7) is 4.72. The molecule has 1 amide bonds. The van der Waals surface area contributed by atoms with E-state index in [2.05, 4.69) is 22.9 Å². The van der Waals surface area contributed by atoms with Crippen molar-refractivity contribution in [1.29, 1.82) is 0 Å². The van der Waals surface area contributed by atoms with E-state index in [4.69, 9.17) is 5.73 Å². The van der Waals surface area contributed by atoms with Crippen LogP contribution in [0.15, 0.2) is 29.3 Å². The number of anilines is 1. The first kappa shape index (κ1) is 15.0. The highest BCUT2D eigenvalue weighted by Gasteiger charge is 2.31. The predicted molar refractivity (Wildman–Crippen MR) is 89.0 cm³/mol. The third-order valence-corrected chi connectivity index (χ3v) is 4.32. The molecule has 0 radical (unpaired) electrons. The molecular formula is C17H24N4O. The van der Waals surface area contributed by atoms with Gasteiger partial charge in [0, 0.05) is 25.2 Å². The molecule has 3 rings (SSSR count). The van der Waals surface area contributed by atoms with Crippen molar-refractivity contribution in [3.05, 3.63) is 29.8 Å². The fourth-order valence-corrected chi connectivity index (χ4v) is 3.24. The molecule has 2 N–H and O–H groups in total. The molecular weight excluding hydrogens is 276 g/mol. The average molecular weight is 300 g/mol. The van der Waals surface area contributed by atoms with Crippen molar-refractivity contribution in [2.24, 2.45) is 10.7 Å². The zero-order valence-corrected chi connectivity index (χ0v) is 13.2. The summed E-state index contributed by atoms with van der Waals surface area (Å²) in [5.74, 6) is 0.774. The van der Waals surface area contributed by atoms with Crippen molar-refractivity contribution >= 4 is 17.4 Å². The Hall–Kier alpha value is -1.88. The maximum atomic E-state index is 12.6. The third kappa shape index (κ3) is 2.73. The molecule has 0 aromatic heterocycles. The number of aliphatic imine (C=N–C) groups is 1. The molecule has 1 fully saturated rings. The van der Waals surface area contributed by atoms with Crippen molar-refractivity contribution in [3.63, 3.8) is 0 Å². The van der Waals surface area contributed by atoms with Crippen molar-refractivity contribution in [1.82, 2.24) is 4.90 Å². The largest absolute Gasteiger partial charge is 0.356 e. The van der Waals surface area contributed by atoms with E-state index in [1.165, 1.54) is 19.3 Å². The molecule has 2 aliphatic heterocycles. The Labute approximate surface area is 131 Å². The Morgan fingerprint density at radius 3 is 2.68 bits per heavy atom. The van der Waals surface area contributed by atoms with Gasteiger partial charge in [-0.1, -0.05) is 19.1 Å². The molecule has 5 nitrogen and oxygen atoms in total. The minimum absolute atomic E-state index is 0.110. The number of hydrogen-bond acceptors (Lipinski definition) is 4. The zero-order valence-electron chi connectivity index (χ0n) is 13.2. The van der Waals surface area contributed by atoms with Gasteiger partial charge in [0.15, 0.2) is 6.17 Å². The number of rotatable bonds is 2. The van der Waals surface area contributed by atoms with Crippen LogP contribution in [0.25, 0.3) is 0 Å². The number of likely N-dealkylation sites (tertiary alicyclic amines) is 1. The van der Waals surface area contributed by atoms with E-state index in [0.717, 1.165) is 36.6 Å². The van der Waals surface area contributed by atoms with Gasteiger partial charge in [-0.15, -0.1) is 0 Å².